The second kappa shape index (κ2) is 6.87. The van der Waals surface area contributed by atoms with Gasteiger partial charge in [-0.1, -0.05) is 6.92 Å². The zero-order chi connectivity index (χ0) is 13.7. The maximum atomic E-state index is 9.46. The fraction of sp³-hybridized carbons (Fsp3) is 0.667. The molecule has 1 saturated heterocycles. The van der Waals surface area contributed by atoms with Crippen molar-refractivity contribution in [3.63, 3.8) is 0 Å². The number of nitrogens with one attached hydrogen (secondary N) is 1. The van der Waals surface area contributed by atoms with Gasteiger partial charge in [0.25, 0.3) is 0 Å². The third-order valence-corrected chi connectivity index (χ3v) is 3.89. The van der Waals surface area contributed by atoms with Crippen molar-refractivity contribution in [3.05, 3.63) is 24.0 Å². The van der Waals surface area contributed by atoms with Crippen molar-refractivity contribution >= 4 is 5.69 Å². The van der Waals surface area contributed by atoms with Crippen molar-refractivity contribution in [1.29, 1.82) is 0 Å². The second-order valence-electron chi connectivity index (χ2n) is 5.25. The van der Waals surface area contributed by atoms with Crippen LogP contribution in [0, 0.1) is 0 Å². The molecule has 2 rings (SSSR count). The summed E-state index contributed by atoms with van der Waals surface area (Å²) in [7, 11) is 0. The highest BCUT2D eigenvalue weighted by Gasteiger charge is 2.22. The molecule has 2 atom stereocenters. The van der Waals surface area contributed by atoms with Gasteiger partial charge in [-0.25, -0.2) is 0 Å². The van der Waals surface area contributed by atoms with Gasteiger partial charge >= 0.3 is 0 Å². The summed E-state index contributed by atoms with van der Waals surface area (Å²) in [6.07, 6.45) is 5.43. The van der Waals surface area contributed by atoms with Gasteiger partial charge in [0.15, 0.2) is 0 Å². The highest BCUT2D eigenvalue weighted by atomic mass is 16.3. The molecule has 0 radical (unpaired) electrons. The minimum Gasteiger partial charge on any atom is -0.394 e. The summed E-state index contributed by atoms with van der Waals surface area (Å²) in [6.45, 7) is 6.43. The van der Waals surface area contributed by atoms with E-state index in [0.29, 0.717) is 0 Å². The molecule has 4 nitrogen and oxygen atoms in total. The van der Waals surface area contributed by atoms with Crippen LogP contribution in [0.15, 0.2) is 18.3 Å². The average molecular weight is 263 g/mol. The van der Waals surface area contributed by atoms with Crippen LogP contribution in [0.25, 0.3) is 0 Å². The van der Waals surface area contributed by atoms with Gasteiger partial charge in [-0.2, -0.15) is 0 Å². The minimum absolute atomic E-state index is 0.232. The van der Waals surface area contributed by atoms with E-state index in [-0.39, 0.29) is 18.7 Å². The molecule has 0 aliphatic carbocycles. The van der Waals surface area contributed by atoms with Gasteiger partial charge in [-0.05, 0) is 44.9 Å². The Balaban J connectivity index is 2.08. The predicted molar refractivity (Wildman–Crippen MR) is 78.4 cm³/mol. The van der Waals surface area contributed by atoms with Crippen LogP contribution in [0.4, 0.5) is 5.69 Å². The zero-order valence-corrected chi connectivity index (χ0v) is 12.0. The monoisotopic (exact) mass is 263 g/mol. The maximum Gasteiger partial charge on any atom is 0.0635 e. The van der Waals surface area contributed by atoms with Crippen LogP contribution in [0.3, 0.4) is 0 Å². The molecule has 1 aromatic heterocycles. The van der Waals surface area contributed by atoms with E-state index in [1.165, 1.54) is 12.8 Å². The normalized spacial score (nSPS) is 21.4. The van der Waals surface area contributed by atoms with E-state index in [1.54, 1.807) is 0 Å². The number of aromatic nitrogens is 1. The molecule has 106 valence electrons. The average Bonchev–Trinajstić information content (AvgIpc) is 2.47. The smallest absolute Gasteiger partial charge is 0.0635 e. The topological polar surface area (TPSA) is 48.4 Å². The van der Waals surface area contributed by atoms with Crippen molar-refractivity contribution in [2.75, 3.05) is 24.6 Å². The van der Waals surface area contributed by atoms with Crippen molar-refractivity contribution in [3.8, 4) is 0 Å². The lowest BCUT2D eigenvalue weighted by Crippen LogP contribution is -2.42. The largest absolute Gasteiger partial charge is 0.394 e. The number of aliphatic hydroxyl groups is 1. The van der Waals surface area contributed by atoms with Gasteiger partial charge in [0, 0.05) is 12.6 Å². The molecule has 1 aliphatic heterocycles. The van der Waals surface area contributed by atoms with Gasteiger partial charge in [0.05, 0.1) is 30.2 Å². The fourth-order valence-corrected chi connectivity index (χ4v) is 2.76. The number of nitrogens with zero attached hydrogens (tertiary/aromatic N) is 2. The van der Waals surface area contributed by atoms with Crippen molar-refractivity contribution in [2.24, 2.45) is 0 Å². The summed E-state index contributed by atoms with van der Waals surface area (Å²) in [5, 5.41) is 12.8. The number of rotatable bonds is 5. The van der Waals surface area contributed by atoms with Crippen LogP contribution in [0.1, 0.15) is 44.8 Å². The van der Waals surface area contributed by atoms with Crippen LogP contribution in [-0.4, -0.2) is 35.8 Å². The number of piperidine rings is 1. The molecule has 1 fully saturated rings. The van der Waals surface area contributed by atoms with Crippen LogP contribution in [0.2, 0.25) is 0 Å². The van der Waals surface area contributed by atoms with E-state index >= 15 is 0 Å². The molecule has 1 aromatic rings. The summed E-state index contributed by atoms with van der Waals surface area (Å²) < 4.78 is 0. The van der Waals surface area contributed by atoms with Crippen molar-refractivity contribution in [2.45, 2.75) is 45.2 Å². The molecule has 2 heterocycles. The molecule has 0 bridgehead atoms. The maximum absolute atomic E-state index is 9.46. The van der Waals surface area contributed by atoms with Gasteiger partial charge < -0.3 is 15.3 Å². The van der Waals surface area contributed by atoms with Gasteiger partial charge in [0.2, 0.25) is 0 Å². The first kappa shape index (κ1) is 14.3. The molecule has 19 heavy (non-hydrogen) atoms. The Morgan fingerprint density at radius 1 is 1.47 bits per heavy atom. The van der Waals surface area contributed by atoms with E-state index in [9.17, 15) is 5.11 Å². The lowest BCUT2D eigenvalue weighted by molar-refractivity contribution is 0.240. The highest BCUT2D eigenvalue weighted by Crippen LogP contribution is 2.24. The lowest BCUT2D eigenvalue weighted by Gasteiger charge is -2.36. The molecule has 0 aromatic carbocycles. The molecule has 0 saturated carbocycles. The molecule has 2 N–H and O–H groups in total. The summed E-state index contributed by atoms with van der Waals surface area (Å²) in [6, 6.07) is 4.76. The highest BCUT2D eigenvalue weighted by molar-refractivity contribution is 5.46. The molecule has 2 unspecified atom stereocenters. The Labute approximate surface area is 115 Å². The van der Waals surface area contributed by atoms with Gasteiger partial charge in [0.1, 0.15) is 0 Å². The van der Waals surface area contributed by atoms with Crippen LogP contribution < -0.4 is 10.2 Å². The third kappa shape index (κ3) is 3.45. The Kier molecular flexibility index (Phi) is 5.16. The van der Waals surface area contributed by atoms with Crippen molar-refractivity contribution in [1.82, 2.24) is 10.3 Å². The number of aliphatic hydroxyl groups excluding tert-OH is 1. The summed E-state index contributed by atoms with van der Waals surface area (Å²) >= 11 is 0. The number of hydrogen-bond donors (Lipinski definition) is 2. The number of anilines is 1. The van der Waals surface area contributed by atoms with E-state index in [2.05, 4.69) is 41.2 Å². The third-order valence-electron chi connectivity index (χ3n) is 3.89. The van der Waals surface area contributed by atoms with Gasteiger partial charge in [-0.15, -0.1) is 0 Å². The summed E-state index contributed by atoms with van der Waals surface area (Å²) in [5.41, 5.74) is 2.20. The molecule has 4 heteroatoms. The standard InChI is InChI=1S/C15H25N3O/c1-3-16-12(2)15-8-7-13(10-17-15)18-9-5-4-6-14(18)11-19/h7-8,10,12,14,16,19H,3-6,9,11H2,1-2H3. The van der Waals surface area contributed by atoms with E-state index < -0.39 is 0 Å². The first-order valence-corrected chi connectivity index (χ1v) is 7.33. The molecular formula is C15H25N3O. The quantitative estimate of drug-likeness (QED) is 0.854. The van der Waals surface area contributed by atoms with Crippen LogP contribution >= 0.6 is 0 Å². The fourth-order valence-electron chi connectivity index (χ4n) is 2.76. The van der Waals surface area contributed by atoms with Crippen LogP contribution in [0.5, 0.6) is 0 Å². The number of hydrogen-bond acceptors (Lipinski definition) is 4. The lowest BCUT2D eigenvalue weighted by atomic mass is 10.0. The Morgan fingerprint density at radius 3 is 2.95 bits per heavy atom. The first-order valence-electron chi connectivity index (χ1n) is 7.33. The van der Waals surface area contributed by atoms with E-state index in [4.69, 9.17) is 0 Å². The predicted octanol–water partition coefficient (Wildman–Crippen LogP) is 2.10. The molecule has 0 amide bonds. The Morgan fingerprint density at radius 2 is 2.32 bits per heavy atom. The van der Waals surface area contributed by atoms with Gasteiger partial charge in [-0.3, -0.25) is 4.98 Å². The number of pyridine rings is 1. The summed E-state index contributed by atoms with van der Waals surface area (Å²) in [4.78, 5) is 6.85. The molecule has 0 spiro atoms. The Hall–Kier alpha value is -1.13. The van der Waals surface area contributed by atoms with Crippen LogP contribution in [-0.2, 0) is 0 Å². The Bertz CT molecular complexity index is 379. The molecular weight excluding hydrogens is 238 g/mol. The first-order chi connectivity index (χ1) is 9.26. The zero-order valence-electron chi connectivity index (χ0n) is 12.0. The SMILES string of the molecule is CCNC(C)c1ccc(N2CCCCC2CO)cn1. The minimum atomic E-state index is 0.232. The van der Waals surface area contributed by atoms with E-state index in [0.717, 1.165) is 30.9 Å². The van der Waals surface area contributed by atoms with E-state index in [1.807, 2.05) is 6.20 Å². The summed E-state index contributed by atoms with van der Waals surface area (Å²) in [5.74, 6) is 0. The molecule has 1 aliphatic rings. The second-order valence-corrected chi connectivity index (χ2v) is 5.25. The van der Waals surface area contributed by atoms with Crippen molar-refractivity contribution < 1.29 is 5.11 Å².